The minimum Gasteiger partial charge on any atom is -0.496 e. The molecule has 0 radical (unpaired) electrons. The normalized spacial score (nSPS) is 13.4. The molecule has 1 N–H and O–H groups in total. The Morgan fingerprint density at radius 2 is 1.77 bits per heavy atom. The number of hydrogen-bond donors (Lipinski definition) is 1. The van der Waals surface area contributed by atoms with Gasteiger partial charge in [0.05, 0.1) is 47.8 Å². The van der Waals surface area contributed by atoms with Crippen molar-refractivity contribution >= 4 is 35.6 Å². The van der Waals surface area contributed by atoms with Crippen molar-refractivity contribution in [2.24, 2.45) is 0 Å². The number of rotatable bonds is 9. The molecule has 1 saturated heterocycles. The second kappa shape index (κ2) is 13.4. The Hall–Kier alpha value is -4.18. The molecular weight excluding hydrogens is 593 g/mol. The van der Waals surface area contributed by atoms with Crippen LogP contribution in [0.25, 0.3) is 33.6 Å². The number of carbonyl (C=O) groups excluding carboxylic acids is 1. The Morgan fingerprint density at radius 1 is 1.02 bits per heavy atom. The van der Waals surface area contributed by atoms with Gasteiger partial charge in [-0.2, -0.15) is 0 Å². The Labute approximate surface area is 259 Å². The fraction of sp³-hybridized carbons (Fsp3) is 0.250. The number of nitrogens with zero attached hydrogens (tertiary/aromatic N) is 3. The standard InChI is InChI=1S/C32H29Cl2N3O6/c1-41-27-16-19(6-7-20(27)17-37(32(39)40)22-11-14-43-15-12-22)30-29(34)24(10-13-35-30)23-4-3-5-25(28(23)33)26-9-8-21(18-38)31(36-26)42-2/h3-10,13,16,18,22H,11-12,14-15,17H2,1-2H3,(H,39,40). The maximum atomic E-state index is 12.1. The van der Waals surface area contributed by atoms with E-state index in [1.807, 2.05) is 30.3 Å². The summed E-state index contributed by atoms with van der Waals surface area (Å²) in [5.74, 6) is 0.729. The average molecular weight is 623 g/mol. The maximum Gasteiger partial charge on any atom is 0.407 e. The van der Waals surface area contributed by atoms with Crippen molar-refractivity contribution < 1.29 is 28.9 Å². The molecule has 0 aliphatic carbocycles. The van der Waals surface area contributed by atoms with Crippen molar-refractivity contribution in [1.29, 1.82) is 0 Å². The van der Waals surface area contributed by atoms with Crippen LogP contribution < -0.4 is 9.47 Å². The molecular formula is C32H29Cl2N3O6. The van der Waals surface area contributed by atoms with Gasteiger partial charge < -0.3 is 24.2 Å². The number of aromatic nitrogens is 2. The van der Waals surface area contributed by atoms with E-state index in [-0.39, 0.29) is 18.5 Å². The molecule has 1 amide bonds. The highest BCUT2D eigenvalue weighted by Gasteiger charge is 2.27. The molecule has 43 heavy (non-hydrogen) atoms. The van der Waals surface area contributed by atoms with Crippen LogP contribution >= 0.6 is 23.2 Å². The van der Waals surface area contributed by atoms with Gasteiger partial charge in [-0.3, -0.25) is 9.78 Å². The molecule has 5 rings (SSSR count). The lowest BCUT2D eigenvalue weighted by Gasteiger charge is -2.32. The molecule has 0 spiro atoms. The molecule has 9 nitrogen and oxygen atoms in total. The van der Waals surface area contributed by atoms with Crippen molar-refractivity contribution in [2.75, 3.05) is 27.4 Å². The van der Waals surface area contributed by atoms with Gasteiger partial charge in [-0.05, 0) is 37.1 Å². The zero-order valence-electron chi connectivity index (χ0n) is 23.5. The molecule has 4 aromatic rings. The summed E-state index contributed by atoms with van der Waals surface area (Å²) in [5.41, 5.74) is 4.79. The summed E-state index contributed by atoms with van der Waals surface area (Å²) in [6.45, 7) is 1.25. The summed E-state index contributed by atoms with van der Waals surface area (Å²) in [6.07, 6.45) is 2.65. The smallest absolute Gasteiger partial charge is 0.407 e. The number of amides is 1. The minimum atomic E-state index is -0.983. The fourth-order valence-electron chi connectivity index (χ4n) is 5.20. The lowest BCUT2D eigenvalue weighted by molar-refractivity contribution is 0.0330. The van der Waals surface area contributed by atoms with Crippen molar-refractivity contribution in [3.63, 3.8) is 0 Å². The van der Waals surface area contributed by atoms with Crippen LogP contribution in [-0.2, 0) is 11.3 Å². The first kappa shape index (κ1) is 30.3. The summed E-state index contributed by atoms with van der Waals surface area (Å²) < 4.78 is 16.3. The Morgan fingerprint density at radius 3 is 2.47 bits per heavy atom. The molecule has 1 aliphatic heterocycles. The number of benzene rings is 2. The summed E-state index contributed by atoms with van der Waals surface area (Å²) in [4.78, 5) is 33.9. The fourth-order valence-corrected chi connectivity index (χ4v) is 5.85. The molecule has 1 fully saturated rings. The van der Waals surface area contributed by atoms with Gasteiger partial charge in [-0.1, -0.05) is 53.5 Å². The summed E-state index contributed by atoms with van der Waals surface area (Å²) in [6, 6.07) is 16.0. The Kier molecular flexibility index (Phi) is 9.45. The highest BCUT2D eigenvalue weighted by atomic mass is 35.5. The number of pyridine rings is 2. The highest BCUT2D eigenvalue weighted by molar-refractivity contribution is 6.39. The van der Waals surface area contributed by atoms with Crippen LogP contribution in [0.15, 0.2) is 60.8 Å². The van der Waals surface area contributed by atoms with E-state index in [9.17, 15) is 14.7 Å². The molecule has 222 valence electrons. The molecule has 0 atom stereocenters. The highest BCUT2D eigenvalue weighted by Crippen LogP contribution is 2.42. The van der Waals surface area contributed by atoms with Gasteiger partial charge >= 0.3 is 6.09 Å². The number of hydrogen-bond acceptors (Lipinski definition) is 7. The first-order chi connectivity index (χ1) is 20.9. The molecule has 2 aromatic carbocycles. The van der Waals surface area contributed by atoms with E-state index in [1.54, 1.807) is 37.6 Å². The van der Waals surface area contributed by atoms with Crippen molar-refractivity contribution in [3.8, 4) is 45.3 Å². The molecule has 11 heteroatoms. The van der Waals surface area contributed by atoms with E-state index in [2.05, 4.69) is 9.97 Å². The van der Waals surface area contributed by atoms with E-state index in [0.29, 0.717) is 87.3 Å². The zero-order chi connectivity index (χ0) is 30.5. The lowest BCUT2D eigenvalue weighted by Crippen LogP contribution is -2.42. The summed E-state index contributed by atoms with van der Waals surface area (Å²) in [7, 11) is 2.99. The van der Waals surface area contributed by atoms with Crippen LogP contribution in [0.1, 0.15) is 28.8 Å². The molecule has 2 aromatic heterocycles. The molecule has 0 unspecified atom stereocenters. The number of methoxy groups -OCH3 is 2. The molecule has 0 saturated carbocycles. The largest absolute Gasteiger partial charge is 0.496 e. The van der Waals surface area contributed by atoms with E-state index < -0.39 is 6.09 Å². The van der Waals surface area contributed by atoms with Crippen LogP contribution in [0.2, 0.25) is 10.0 Å². The summed E-state index contributed by atoms with van der Waals surface area (Å²) >= 11 is 13.9. The third-order valence-electron chi connectivity index (χ3n) is 7.44. The van der Waals surface area contributed by atoms with Crippen molar-refractivity contribution in [3.05, 3.63) is 82.0 Å². The van der Waals surface area contributed by atoms with Gasteiger partial charge in [-0.15, -0.1) is 0 Å². The number of aldehydes is 1. The first-order valence-electron chi connectivity index (χ1n) is 13.5. The number of carbonyl (C=O) groups is 2. The first-order valence-corrected chi connectivity index (χ1v) is 14.3. The van der Waals surface area contributed by atoms with Crippen molar-refractivity contribution in [2.45, 2.75) is 25.4 Å². The monoisotopic (exact) mass is 621 g/mol. The van der Waals surface area contributed by atoms with Gasteiger partial charge in [0.2, 0.25) is 5.88 Å². The zero-order valence-corrected chi connectivity index (χ0v) is 25.1. The van der Waals surface area contributed by atoms with Crippen LogP contribution in [-0.4, -0.2) is 65.8 Å². The Bertz CT molecular complexity index is 1660. The molecule has 1 aliphatic rings. The maximum absolute atomic E-state index is 12.1. The Balaban J connectivity index is 1.49. The second-order valence-electron chi connectivity index (χ2n) is 9.88. The molecule has 0 bridgehead atoms. The van der Waals surface area contributed by atoms with E-state index >= 15 is 0 Å². The molecule has 3 heterocycles. The van der Waals surface area contributed by atoms with E-state index in [0.717, 1.165) is 5.56 Å². The SMILES string of the molecule is COc1cc(-c2nccc(-c3cccc(-c4ccc(C=O)c(OC)n4)c3Cl)c2Cl)ccc1CN(C(=O)O)C1CCOCC1. The van der Waals surface area contributed by atoms with Gasteiger partial charge in [0.15, 0.2) is 6.29 Å². The topological polar surface area (TPSA) is 111 Å². The summed E-state index contributed by atoms with van der Waals surface area (Å²) in [5, 5.41) is 10.7. The predicted molar refractivity (Wildman–Crippen MR) is 164 cm³/mol. The number of carboxylic acid groups (broad SMARTS) is 1. The lowest BCUT2D eigenvalue weighted by atomic mass is 9.99. The second-order valence-corrected chi connectivity index (χ2v) is 10.6. The predicted octanol–water partition coefficient (Wildman–Crippen LogP) is 7.27. The van der Waals surface area contributed by atoms with E-state index in [4.69, 9.17) is 37.4 Å². The minimum absolute atomic E-state index is 0.122. The third kappa shape index (κ3) is 6.29. The van der Waals surface area contributed by atoms with Crippen molar-refractivity contribution in [1.82, 2.24) is 14.9 Å². The van der Waals surface area contributed by atoms with Crippen LogP contribution in [0.3, 0.4) is 0 Å². The number of halogens is 2. The van der Waals surface area contributed by atoms with Gasteiger partial charge in [0.1, 0.15) is 5.75 Å². The third-order valence-corrected chi connectivity index (χ3v) is 8.23. The number of ether oxygens (including phenoxy) is 3. The van der Waals surface area contributed by atoms with Crippen LogP contribution in [0, 0.1) is 0 Å². The van der Waals surface area contributed by atoms with Crippen LogP contribution in [0.5, 0.6) is 11.6 Å². The quantitative estimate of drug-likeness (QED) is 0.194. The van der Waals surface area contributed by atoms with Gasteiger partial charge in [-0.25, -0.2) is 9.78 Å². The van der Waals surface area contributed by atoms with Gasteiger partial charge in [0, 0.05) is 53.3 Å². The average Bonchev–Trinajstić information content (AvgIpc) is 3.04. The van der Waals surface area contributed by atoms with E-state index in [1.165, 1.54) is 12.0 Å². The van der Waals surface area contributed by atoms with Gasteiger partial charge in [0.25, 0.3) is 0 Å². The van der Waals surface area contributed by atoms with Crippen LogP contribution in [0.4, 0.5) is 4.79 Å².